The van der Waals surface area contributed by atoms with Crippen LogP contribution in [-0.4, -0.2) is 57.4 Å². The molecule has 1 saturated carbocycles. The van der Waals surface area contributed by atoms with Gasteiger partial charge in [0.2, 0.25) is 0 Å². The van der Waals surface area contributed by atoms with E-state index in [-0.39, 0.29) is 23.5 Å². The molecule has 1 saturated heterocycles. The Morgan fingerprint density at radius 2 is 1.89 bits per heavy atom. The van der Waals surface area contributed by atoms with E-state index in [1.54, 1.807) is 7.11 Å². The number of hydrogen-bond acceptors (Lipinski definition) is 7. The molecule has 1 aromatic carbocycles. The number of methoxy groups -OCH3 is 1. The number of esters is 1. The molecule has 37 heavy (non-hydrogen) atoms. The number of nitrogens with zero attached hydrogens (tertiary/aromatic N) is 4. The van der Waals surface area contributed by atoms with Gasteiger partial charge in [0.1, 0.15) is 17.1 Å². The highest BCUT2D eigenvalue weighted by atomic mass is 16.5. The van der Waals surface area contributed by atoms with E-state index in [1.165, 1.54) is 19.3 Å². The standard InChI is InChI=1S/C28H37N5O4/c1-4-37-28(35)20-12-14-32(15-13-20)17-19-10-11-22(23(16-19)36-3)26-29-24-18(2)31-33(25(24)27(34)30-26)21-8-6-5-7-9-21/h10-11,16,20-21H,4-9,12-15,17H2,1-3H3,(H,29,30,34). The lowest BCUT2D eigenvalue weighted by Crippen LogP contribution is -2.36. The second kappa shape index (κ2) is 11.0. The second-order valence-corrected chi connectivity index (χ2v) is 10.3. The number of carbonyl (C=O) groups is 1. The molecule has 3 aromatic rings. The van der Waals surface area contributed by atoms with E-state index in [1.807, 2.05) is 30.7 Å². The Kier molecular flexibility index (Phi) is 7.60. The quantitative estimate of drug-likeness (QED) is 0.473. The Labute approximate surface area is 217 Å². The second-order valence-electron chi connectivity index (χ2n) is 10.3. The van der Waals surface area contributed by atoms with Crippen LogP contribution in [0.5, 0.6) is 5.75 Å². The van der Waals surface area contributed by atoms with Gasteiger partial charge in [-0.1, -0.05) is 25.3 Å². The zero-order chi connectivity index (χ0) is 25.9. The average Bonchev–Trinajstić information content (AvgIpc) is 3.26. The summed E-state index contributed by atoms with van der Waals surface area (Å²) in [4.78, 5) is 35.5. The first-order chi connectivity index (χ1) is 18.0. The smallest absolute Gasteiger partial charge is 0.309 e. The van der Waals surface area contributed by atoms with Crippen molar-refractivity contribution in [1.82, 2.24) is 24.6 Å². The maximum atomic E-state index is 13.3. The third-order valence-corrected chi connectivity index (χ3v) is 7.78. The highest BCUT2D eigenvalue weighted by Gasteiger charge is 2.26. The predicted molar refractivity (Wildman–Crippen MR) is 142 cm³/mol. The number of likely N-dealkylation sites (tertiary alicyclic amines) is 1. The van der Waals surface area contributed by atoms with Crippen LogP contribution >= 0.6 is 0 Å². The van der Waals surface area contributed by atoms with Gasteiger partial charge in [-0.25, -0.2) is 4.98 Å². The van der Waals surface area contributed by atoms with Gasteiger partial charge in [0.25, 0.3) is 5.56 Å². The summed E-state index contributed by atoms with van der Waals surface area (Å²) in [5, 5.41) is 4.73. The molecule has 1 aliphatic carbocycles. The van der Waals surface area contributed by atoms with Crippen molar-refractivity contribution >= 4 is 17.0 Å². The van der Waals surface area contributed by atoms with Gasteiger partial charge >= 0.3 is 5.97 Å². The van der Waals surface area contributed by atoms with Gasteiger partial charge in [0, 0.05) is 6.54 Å². The average molecular weight is 508 g/mol. The van der Waals surface area contributed by atoms with Crippen LogP contribution in [0.15, 0.2) is 23.0 Å². The maximum Gasteiger partial charge on any atom is 0.309 e. The number of aryl methyl sites for hydroxylation is 1. The van der Waals surface area contributed by atoms with E-state index in [9.17, 15) is 9.59 Å². The molecule has 0 spiro atoms. The molecule has 2 aliphatic rings. The van der Waals surface area contributed by atoms with Gasteiger partial charge in [0.15, 0.2) is 5.52 Å². The number of carbonyl (C=O) groups excluding carboxylic acids is 1. The van der Waals surface area contributed by atoms with Crippen LogP contribution in [0.4, 0.5) is 0 Å². The Balaban J connectivity index is 1.36. The Morgan fingerprint density at radius 1 is 1.14 bits per heavy atom. The molecule has 2 aromatic heterocycles. The van der Waals surface area contributed by atoms with Crippen molar-refractivity contribution < 1.29 is 14.3 Å². The van der Waals surface area contributed by atoms with Crippen LogP contribution in [0.3, 0.4) is 0 Å². The first-order valence-electron chi connectivity index (χ1n) is 13.5. The van der Waals surface area contributed by atoms with Crippen molar-refractivity contribution in [3.8, 4) is 17.1 Å². The van der Waals surface area contributed by atoms with E-state index < -0.39 is 0 Å². The topological polar surface area (TPSA) is 102 Å². The van der Waals surface area contributed by atoms with E-state index in [4.69, 9.17) is 19.6 Å². The van der Waals surface area contributed by atoms with Crippen molar-refractivity contribution in [1.29, 1.82) is 0 Å². The first kappa shape index (κ1) is 25.4. The molecule has 3 heterocycles. The molecule has 0 radical (unpaired) electrons. The largest absolute Gasteiger partial charge is 0.496 e. The highest BCUT2D eigenvalue weighted by Crippen LogP contribution is 2.33. The van der Waals surface area contributed by atoms with Crippen LogP contribution in [0.25, 0.3) is 22.4 Å². The van der Waals surface area contributed by atoms with Crippen LogP contribution in [0, 0.1) is 12.8 Å². The lowest BCUT2D eigenvalue weighted by Gasteiger charge is -2.30. The molecular weight excluding hydrogens is 470 g/mol. The molecule has 2 fully saturated rings. The molecular formula is C28H37N5O4. The zero-order valence-corrected chi connectivity index (χ0v) is 22.1. The summed E-state index contributed by atoms with van der Waals surface area (Å²) in [6.45, 7) is 6.66. The minimum Gasteiger partial charge on any atom is -0.496 e. The lowest BCUT2D eigenvalue weighted by molar-refractivity contribution is -0.149. The molecule has 9 heteroatoms. The number of nitrogens with one attached hydrogen (secondary N) is 1. The Bertz CT molecular complexity index is 1320. The van der Waals surface area contributed by atoms with Crippen molar-refractivity contribution in [3.05, 3.63) is 39.8 Å². The van der Waals surface area contributed by atoms with E-state index in [0.29, 0.717) is 29.2 Å². The Hall–Kier alpha value is -3.20. The van der Waals surface area contributed by atoms with Gasteiger partial charge in [-0.2, -0.15) is 5.10 Å². The lowest BCUT2D eigenvalue weighted by atomic mass is 9.95. The minimum atomic E-state index is -0.165. The summed E-state index contributed by atoms with van der Waals surface area (Å²) in [5.74, 6) is 1.07. The van der Waals surface area contributed by atoms with E-state index in [2.05, 4.69) is 16.0 Å². The van der Waals surface area contributed by atoms with Crippen molar-refractivity contribution in [3.63, 3.8) is 0 Å². The zero-order valence-electron chi connectivity index (χ0n) is 22.1. The number of hydrogen-bond donors (Lipinski definition) is 1. The van der Waals surface area contributed by atoms with Gasteiger partial charge < -0.3 is 14.5 Å². The van der Waals surface area contributed by atoms with Crippen LogP contribution in [0.1, 0.15) is 69.2 Å². The number of piperidine rings is 1. The Morgan fingerprint density at radius 3 is 2.59 bits per heavy atom. The van der Waals surface area contributed by atoms with Crippen LogP contribution in [-0.2, 0) is 16.1 Å². The normalized spacial score (nSPS) is 17.8. The summed E-state index contributed by atoms with van der Waals surface area (Å²) in [5.41, 5.74) is 3.68. The molecule has 1 N–H and O–H groups in total. The van der Waals surface area contributed by atoms with E-state index in [0.717, 1.165) is 62.1 Å². The maximum absolute atomic E-state index is 13.3. The molecule has 0 amide bonds. The summed E-state index contributed by atoms with van der Waals surface area (Å²) in [6, 6.07) is 6.28. The number of fused-ring (bicyclic) bond motifs is 1. The number of ether oxygens (including phenoxy) is 2. The molecule has 1 aliphatic heterocycles. The molecule has 0 atom stereocenters. The van der Waals surface area contributed by atoms with Crippen LogP contribution < -0.4 is 10.3 Å². The van der Waals surface area contributed by atoms with Gasteiger partial charge in [0.05, 0.1) is 36.9 Å². The molecule has 5 rings (SSSR count). The third kappa shape index (κ3) is 5.28. The van der Waals surface area contributed by atoms with Crippen molar-refractivity contribution in [2.45, 2.75) is 71.4 Å². The predicted octanol–water partition coefficient (Wildman–Crippen LogP) is 4.38. The van der Waals surface area contributed by atoms with Gasteiger partial charge in [-0.3, -0.25) is 19.2 Å². The van der Waals surface area contributed by atoms with Crippen LogP contribution in [0.2, 0.25) is 0 Å². The number of H-pyrrole nitrogens is 1. The highest BCUT2D eigenvalue weighted by molar-refractivity contribution is 5.79. The minimum absolute atomic E-state index is 0.00291. The van der Waals surface area contributed by atoms with E-state index >= 15 is 0 Å². The van der Waals surface area contributed by atoms with Crippen molar-refractivity contribution in [2.24, 2.45) is 5.92 Å². The molecule has 9 nitrogen and oxygen atoms in total. The fraction of sp³-hybridized carbons (Fsp3) is 0.571. The number of aromatic amines is 1. The molecule has 0 bridgehead atoms. The van der Waals surface area contributed by atoms with Gasteiger partial charge in [-0.15, -0.1) is 0 Å². The van der Waals surface area contributed by atoms with Gasteiger partial charge in [-0.05, 0) is 70.3 Å². The molecule has 198 valence electrons. The number of aromatic nitrogens is 4. The number of benzene rings is 1. The number of rotatable bonds is 7. The molecule has 0 unspecified atom stereocenters. The SMILES string of the molecule is CCOC(=O)C1CCN(Cc2ccc(-c3nc4c(C)nn(C5CCCCC5)c4c(=O)[nH]3)c(OC)c2)CC1. The summed E-state index contributed by atoms with van der Waals surface area (Å²) < 4.78 is 12.8. The van der Waals surface area contributed by atoms with Crippen molar-refractivity contribution in [2.75, 3.05) is 26.8 Å². The monoisotopic (exact) mass is 507 g/mol. The first-order valence-corrected chi connectivity index (χ1v) is 13.5. The summed E-state index contributed by atoms with van der Waals surface area (Å²) in [6.07, 6.45) is 7.30. The third-order valence-electron chi connectivity index (χ3n) is 7.78. The fourth-order valence-corrected chi connectivity index (χ4v) is 5.78. The summed E-state index contributed by atoms with van der Waals surface area (Å²) in [7, 11) is 1.64. The summed E-state index contributed by atoms with van der Waals surface area (Å²) >= 11 is 0. The fourth-order valence-electron chi connectivity index (χ4n) is 5.78.